The Kier molecular flexibility index (Phi) is 4.01. The lowest BCUT2D eigenvalue weighted by Crippen LogP contribution is -2.40. The largest absolute Gasteiger partial charge is 0.402 e. The molecule has 0 spiro atoms. The highest BCUT2D eigenvalue weighted by atomic mass is 16.5. The molecule has 5 nitrogen and oxygen atoms in total. The lowest BCUT2D eigenvalue weighted by molar-refractivity contribution is -0.128. The molecule has 0 radical (unpaired) electrons. The molecular weight excluding hydrogens is 230 g/mol. The number of rotatable bonds is 1. The molecule has 18 heavy (non-hydrogen) atoms. The third-order valence-corrected chi connectivity index (χ3v) is 3.48. The molecule has 5 heteroatoms. The van der Waals surface area contributed by atoms with Gasteiger partial charge in [-0.05, 0) is 13.3 Å². The third kappa shape index (κ3) is 2.90. The fraction of sp³-hybridized carbons (Fsp3) is 0.692. The van der Waals surface area contributed by atoms with E-state index >= 15 is 0 Å². The minimum atomic E-state index is 0.0944. The Balaban J connectivity index is 2.16. The average Bonchev–Trinajstić information content (AvgIpc) is 2.81. The number of hydrogen-bond donors (Lipinski definition) is 1. The minimum Gasteiger partial charge on any atom is -0.402 e. The topological polar surface area (TPSA) is 67.9 Å². The number of carbonyl (C=O) groups is 1. The first kappa shape index (κ1) is 13.1. The number of carbonyl (C=O) groups excluding carboxylic acids is 1. The molecule has 0 aromatic rings. The Morgan fingerprint density at radius 3 is 2.83 bits per heavy atom. The lowest BCUT2D eigenvalue weighted by Gasteiger charge is -2.30. The molecule has 1 unspecified atom stereocenters. The molecule has 2 aliphatic rings. The molecule has 2 N–H and O–H groups in total. The third-order valence-electron chi connectivity index (χ3n) is 3.48. The predicted octanol–water partition coefficient (Wildman–Crippen LogP) is 0.701. The highest BCUT2D eigenvalue weighted by Gasteiger charge is 2.24. The van der Waals surface area contributed by atoms with Gasteiger partial charge in [0.1, 0.15) is 0 Å². The number of likely N-dealkylation sites (tertiary alicyclic amines) is 1. The van der Waals surface area contributed by atoms with Crippen molar-refractivity contribution in [2.45, 2.75) is 32.7 Å². The second kappa shape index (κ2) is 5.52. The van der Waals surface area contributed by atoms with Crippen LogP contribution in [0.3, 0.4) is 0 Å². The summed E-state index contributed by atoms with van der Waals surface area (Å²) in [5.74, 6) is 0.0944. The molecule has 0 bridgehead atoms. The van der Waals surface area contributed by atoms with Crippen molar-refractivity contribution in [3.8, 4) is 0 Å². The summed E-state index contributed by atoms with van der Waals surface area (Å²) in [5, 5.41) is 0. The molecule has 2 saturated heterocycles. The van der Waals surface area contributed by atoms with Crippen LogP contribution in [0.2, 0.25) is 0 Å². The second-order valence-electron chi connectivity index (χ2n) is 4.95. The van der Waals surface area contributed by atoms with Crippen molar-refractivity contribution in [3.05, 3.63) is 11.3 Å². The maximum absolute atomic E-state index is 11.4. The molecule has 2 fully saturated rings. The van der Waals surface area contributed by atoms with E-state index in [0.29, 0.717) is 13.2 Å². The molecule has 2 rings (SSSR count). The van der Waals surface area contributed by atoms with Crippen molar-refractivity contribution < 1.29 is 9.53 Å². The summed E-state index contributed by atoms with van der Waals surface area (Å²) < 4.78 is 5.33. The van der Waals surface area contributed by atoms with Gasteiger partial charge in [0.05, 0.1) is 12.6 Å². The zero-order valence-electron chi connectivity index (χ0n) is 11.1. The monoisotopic (exact) mass is 251 g/mol. The van der Waals surface area contributed by atoms with Gasteiger partial charge in [-0.3, -0.25) is 9.79 Å². The molecular formula is C13H21N3O2. The summed E-state index contributed by atoms with van der Waals surface area (Å²) in [6, 6.07) is 0.262. The number of piperidine rings is 1. The number of hydrogen-bond acceptors (Lipinski definition) is 4. The molecule has 0 aromatic carbocycles. The Hall–Kier alpha value is -1.36. The number of aliphatic imine (C=N–C) groups is 1. The molecule has 1 amide bonds. The van der Waals surface area contributed by atoms with E-state index in [1.54, 1.807) is 6.92 Å². The van der Waals surface area contributed by atoms with Crippen LogP contribution in [-0.4, -0.2) is 48.9 Å². The van der Waals surface area contributed by atoms with Gasteiger partial charge in [-0.15, -0.1) is 0 Å². The van der Waals surface area contributed by atoms with Gasteiger partial charge in [0.2, 0.25) is 5.91 Å². The van der Waals surface area contributed by atoms with Crippen LogP contribution < -0.4 is 5.73 Å². The van der Waals surface area contributed by atoms with E-state index in [4.69, 9.17) is 15.5 Å². The smallest absolute Gasteiger partial charge is 0.219 e. The van der Waals surface area contributed by atoms with Crippen LogP contribution in [0.25, 0.3) is 0 Å². The molecule has 0 saturated carbocycles. The summed E-state index contributed by atoms with van der Waals surface area (Å²) in [5.41, 5.74) is 8.76. The minimum absolute atomic E-state index is 0.0944. The Morgan fingerprint density at radius 1 is 1.50 bits per heavy atom. The number of nitrogens with zero attached hydrogens (tertiary/aromatic N) is 2. The van der Waals surface area contributed by atoms with Gasteiger partial charge >= 0.3 is 0 Å². The van der Waals surface area contributed by atoms with E-state index in [-0.39, 0.29) is 11.9 Å². The zero-order valence-corrected chi connectivity index (χ0v) is 11.1. The normalized spacial score (nSPS) is 29.8. The molecule has 100 valence electrons. The van der Waals surface area contributed by atoms with Crippen molar-refractivity contribution in [2.75, 3.05) is 26.3 Å². The van der Waals surface area contributed by atoms with Crippen molar-refractivity contribution >= 4 is 11.6 Å². The van der Waals surface area contributed by atoms with Crippen LogP contribution >= 0.6 is 0 Å². The van der Waals surface area contributed by atoms with E-state index in [2.05, 4.69) is 0 Å². The highest BCUT2D eigenvalue weighted by molar-refractivity contribution is 6.02. The van der Waals surface area contributed by atoms with Gasteiger partial charge < -0.3 is 15.4 Å². The Morgan fingerprint density at radius 2 is 2.28 bits per heavy atom. The summed E-state index contributed by atoms with van der Waals surface area (Å²) in [6.07, 6.45) is 1.77. The summed E-state index contributed by atoms with van der Waals surface area (Å²) >= 11 is 0. The van der Waals surface area contributed by atoms with Crippen LogP contribution in [-0.2, 0) is 9.53 Å². The molecule has 2 heterocycles. The van der Waals surface area contributed by atoms with Crippen molar-refractivity contribution in [1.29, 1.82) is 0 Å². The Bertz CT molecular complexity index is 391. The van der Waals surface area contributed by atoms with Crippen molar-refractivity contribution in [1.82, 2.24) is 4.90 Å². The number of ether oxygens (including phenoxy) is 1. The van der Waals surface area contributed by atoms with Crippen molar-refractivity contribution in [3.63, 3.8) is 0 Å². The van der Waals surface area contributed by atoms with Gasteiger partial charge in [0.25, 0.3) is 0 Å². The molecule has 1 atom stereocenters. The molecule has 0 aromatic heterocycles. The van der Waals surface area contributed by atoms with Crippen LogP contribution in [0.15, 0.2) is 16.3 Å². The fourth-order valence-electron chi connectivity index (χ4n) is 2.36. The molecule has 2 aliphatic heterocycles. The van der Waals surface area contributed by atoms with Gasteiger partial charge in [-0.25, -0.2) is 0 Å². The standard InChI is InChI=1S/C13H21N3O2/c1-9(14)12-7-16(10(2)17)5-3-13(12)15-11-4-6-18-8-11/h11H,3-8,14H2,1-2H3. The fourth-order valence-corrected chi connectivity index (χ4v) is 2.36. The summed E-state index contributed by atoms with van der Waals surface area (Å²) in [7, 11) is 0. The Labute approximate surface area is 108 Å². The second-order valence-corrected chi connectivity index (χ2v) is 4.95. The number of nitrogens with two attached hydrogens (primary N) is 1. The first-order chi connectivity index (χ1) is 8.58. The first-order valence-corrected chi connectivity index (χ1v) is 6.43. The average molecular weight is 251 g/mol. The maximum Gasteiger partial charge on any atom is 0.219 e. The number of amides is 1. The SMILES string of the molecule is CC(=O)N1CCC(=NC2CCOC2)C(=C(C)N)C1. The van der Waals surface area contributed by atoms with E-state index < -0.39 is 0 Å². The summed E-state index contributed by atoms with van der Waals surface area (Å²) in [6.45, 7) is 6.29. The van der Waals surface area contributed by atoms with Crippen LogP contribution in [0.4, 0.5) is 0 Å². The lowest BCUT2D eigenvalue weighted by atomic mass is 9.99. The van der Waals surface area contributed by atoms with Crippen LogP contribution in [0.5, 0.6) is 0 Å². The maximum atomic E-state index is 11.4. The van der Waals surface area contributed by atoms with E-state index in [1.807, 2.05) is 11.8 Å². The van der Waals surface area contributed by atoms with Crippen LogP contribution in [0, 0.1) is 0 Å². The molecule has 0 aliphatic carbocycles. The summed E-state index contributed by atoms with van der Waals surface area (Å²) in [4.78, 5) is 18.0. The van der Waals surface area contributed by atoms with Gasteiger partial charge in [0.15, 0.2) is 0 Å². The highest BCUT2D eigenvalue weighted by Crippen LogP contribution is 2.18. The van der Waals surface area contributed by atoms with Gasteiger partial charge in [0, 0.05) is 50.0 Å². The predicted molar refractivity (Wildman–Crippen MR) is 70.4 cm³/mol. The van der Waals surface area contributed by atoms with Gasteiger partial charge in [-0.1, -0.05) is 0 Å². The van der Waals surface area contributed by atoms with Gasteiger partial charge in [-0.2, -0.15) is 0 Å². The first-order valence-electron chi connectivity index (χ1n) is 6.43. The van der Waals surface area contributed by atoms with Crippen molar-refractivity contribution in [2.24, 2.45) is 10.7 Å². The van der Waals surface area contributed by atoms with E-state index in [1.165, 1.54) is 0 Å². The van der Waals surface area contributed by atoms with Crippen LogP contribution in [0.1, 0.15) is 26.7 Å². The number of allylic oxidation sites excluding steroid dienone is 1. The van der Waals surface area contributed by atoms with E-state index in [9.17, 15) is 4.79 Å². The van der Waals surface area contributed by atoms with E-state index in [0.717, 1.165) is 43.0 Å². The zero-order chi connectivity index (χ0) is 13.1. The quantitative estimate of drug-likeness (QED) is 0.746.